The van der Waals surface area contributed by atoms with E-state index >= 15 is 0 Å². The topological polar surface area (TPSA) is 55.1 Å². The van der Waals surface area contributed by atoms with Gasteiger partial charge in [0.25, 0.3) is 0 Å². The number of imidazole rings is 1. The van der Waals surface area contributed by atoms with Crippen LogP contribution in [-0.4, -0.2) is 20.6 Å². The summed E-state index contributed by atoms with van der Waals surface area (Å²) in [6, 6.07) is 14.8. The summed E-state index contributed by atoms with van der Waals surface area (Å²) >= 11 is 0. The van der Waals surface area contributed by atoms with Crippen molar-refractivity contribution in [2.75, 3.05) is 0 Å². The fourth-order valence-electron chi connectivity index (χ4n) is 6.43. The van der Waals surface area contributed by atoms with E-state index in [1.54, 1.807) is 0 Å². The Hall–Kier alpha value is -3.14. The number of aromatic nitrogens is 2. The number of carbonyl (C=O) groups is 1. The van der Waals surface area contributed by atoms with E-state index in [1.807, 2.05) is 18.3 Å². The second kappa shape index (κ2) is 8.33. The third-order valence-electron chi connectivity index (χ3n) is 8.00. The molecule has 1 unspecified atom stereocenters. The molecular weight excluding hydrogens is 408 g/mol. The number of nitrogens with zero attached hydrogens (tertiary/aromatic N) is 2. The van der Waals surface area contributed by atoms with Crippen LogP contribution in [0.4, 0.5) is 0 Å². The normalized spacial score (nSPS) is 20.5. The van der Waals surface area contributed by atoms with E-state index in [0.29, 0.717) is 17.4 Å². The number of aromatic carboxylic acids is 1. The first kappa shape index (κ1) is 20.5. The predicted octanol–water partition coefficient (Wildman–Crippen LogP) is 6.24. The Balaban J connectivity index is 1.63. The summed E-state index contributed by atoms with van der Waals surface area (Å²) in [5.41, 5.74) is 8.65. The SMILES string of the molecule is O=C(O)c1ccc2c(c1)CCC1Cc3nccn3Cc3ccccc3C1=C2C1CCCCC1. The molecule has 0 amide bonds. The Morgan fingerprint density at radius 2 is 1.70 bits per heavy atom. The van der Waals surface area contributed by atoms with Crippen molar-refractivity contribution in [1.82, 2.24) is 9.55 Å². The molecule has 0 bridgehead atoms. The van der Waals surface area contributed by atoms with Gasteiger partial charge in [0, 0.05) is 25.4 Å². The van der Waals surface area contributed by atoms with Gasteiger partial charge in [-0.2, -0.15) is 0 Å². The molecule has 2 aliphatic carbocycles. The first-order valence-corrected chi connectivity index (χ1v) is 12.4. The van der Waals surface area contributed by atoms with Gasteiger partial charge in [0.1, 0.15) is 5.82 Å². The van der Waals surface area contributed by atoms with Crippen LogP contribution in [0.2, 0.25) is 0 Å². The maximum atomic E-state index is 11.7. The molecule has 3 aromatic rings. The second-order valence-electron chi connectivity index (χ2n) is 9.91. The number of hydrogen-bond donors (Lipinski definition) is 1. The maximum absolute atomic E-state index is 11.7. The fourth-order valence-corrected chi connectivity index (χ4v) is 6.43. The van der Waals surface area contributed by atoms with Crippen LogP contribution in [0.25, 0.3) is 11.1 Å². The van der Waals surface area contributed by atoms with Crippen LogP contribution < -0.4 is 0 Å². The van der Waals surface area contributed by atoms with E-state index in [-0.39, 0.29) is 0 Å². The van der Waals surface area contributed by atoms with Crippen molar-refractivity contribution >= 4 is 17.1 Å². The highest BCUT2D eigenvalue weighted by Gasteiger charge is 2.33. The molecular formula is C29H30N2O2. The van der Waals surface area contributed by atoms with Crippen molar-refractivity contribution in [1.29, 1.82) is 0 Å². The van der Waals surface area contributed by atoms with E-state index in [1.165, 1.54) is 65.5 Å². The van der Waals surface area contributed by atoms with Crippen LogP contribution >= 0.6 is 0 Å². The molecule has 1 fully saturated rings. The molecule has 0 saturated heterocycles. The van der Waals surface area contributed by atoms with Gasteiger partial charge in [-0.25, -0.2) is 9.78 Å². The number of fused-ring (bicyclic) bond motifs is 5. The van der Waals surface area contributed by atoms with Crippen molar-refractivity contribution < 1.29 is 9.90 Å². The molecule has 1 saturated carbocycles. The fraction of sp³-hybridized carbons (Fsp3) is 0.379. The number of aryl methyl sites for hydroxylation is 1. The highest BCUT2D eigenvalue weighted by atomic mass is 16.4. The predicted molar refractivity (Wildman–Crippen MR) is 130 cm³/mol. The van der Waals surface area contributed by atoms with Gasteiger partial charge in [-0.05, 0) is 83.1 Å². The van der Waals surface area contributed by atoms with Crippen molar-refractivity contribution in [2.45, 2.75) is 57.9 Å². The summed E-state index contributed by atoms with van der Waals surface area (Å²) in [5, 5.41) is 9.64. The largest absolute Gasteiger partial charge is 0.478 e. The minimum Gasteiger partial charge on any atom is -0.478 e. The molecule has 0 spiro atoms. The summed E-state index contributed by atoms with van der Waals surface area (Å²) in [7, 11) is 0. The number of benzene rings is 2. The Labute approximate surface area is 195 Å². The van der Waals surface area contributed by atoms with E-state index in [4.69, 9.17) is 4.98 Å². The maximum Gasteiger partial charge on any atom is 0.335 e. The molecule has 33 heavy (non-hydrogen) atoms. The molecule has 3 aliphatic rings. The molecule has 2 aromatic carbocycles. The minimum atomic E-state index is -0.840. The quantitative estimate of drug-likeness (QED) is 0.515. The Kier molecular flexibility index (Phi) is 5.17. The van der Waals surface area contributed by atoms with E-state index < -0.39 is 5.97 Å². The lowest BCUT2D eigenvalue weighted by Gasteiger charge is -2.32. The van der Waals surface area contributed by atoms with Crippen LogP contribution in [0.3, 0.4) is 0 Å². The van der Waals surface area contributed by atoms with Gasteiger partial charge >= 0.3 is 5.97 Å². The summed E-state index contributed by atoms with van der Waals surface area (Å²) in [5.74, 6) is 1.24. The lowest BCUT2D eigenvalue weighted by atomic mass is 9.73. The van der Waals surface area contributed by atoms with Crippen LogP contribution in [0.5, 0.6) is 0 Å². The van der Waals surface area contributed by atoms with Crippen molar-refractivity contribution in [3.8, 4) is 0 Å². The number of allylic oxidation sites excluding steroid dienone is 2. The lowest BCUT2D eigenvalue weighted by molar-refractivity contribution is 0.0696. The third-order valence-corrected chi connectivity index (χ3v) is 8.00. The van der Waals surface area contributed by atoms with Crippen molar-refractivity contribution in [3.05, 3.63) is 88.5 Å². The molecule has 1 aromatic heterocycles. The Morgan fingerprint density at radius 3 is 2.55 bits per heavy atom. The number of carboxylic acid groups (broad SMARTS) is 1. The zero-order valence-electron chi connectivity index (χ0n) is 19.0. The van der Waals surface area contributed by atoms with Gasteiger partial charge in [0.05, 0.1) is 5.56 Å². The van der Waals surface area contributed by atoms with Gasteiger partial charge in [-0.1, -0.05) is 49.6 Å². The van der Waals surface area contributed by atoms with Crippen molar-refractivity contribution in [2.24, 2.45) is 11.8 Å². The minimum absolute atomic E-state index is 0.380. The molecule has 2 heterocycles. The molecule has 1 N–H and O–H groups in total. The van der Waals surface area contributed by atoms with Crippen LogP contribution in [0, 0.1) is 11.8 Å². The monoisotopic (exact) mass is 438 g/mol. The van der Waals surface area contributed by atoms with Gasteiger partial charge in [0.15, 0.2) is 0 Å². The molecule has 6 rings (SSSR count). The van der Waals surface area contributed by atoms with E-state index in [2.05, 4.69) is 41.1 Å². The van der Waals surface area contributed by atoms with Gasteiger partial charge < -0.3 is 9.67 Å². The second-order valence-corrected chi connectivity index (χ2v) is 9.91. The van der Waals surface area contributed by atoms with Gasteiger partial charge in [-0.3, -0.25) is 0 Å². The number of rotatable bonds is 2. The van der Waals surface area contributed by atoms with E-state index in [9.17, 15) is 9.90 Å². The van der Waals surface area contributed by atoms with Crippen molar-refractivity contribution in [3.63, 3.8) is 0 Å². The van der Waals surface area contributed by atoms with Crippen LogP contribution in [-0.2, 0) is 19.4 Å². The summed E-state index contributed by atoms with van der Waals surface area (Å²) in [6.45, 7) is 0.852. The first-order chi connectivity index (χ1) is 16.2. The smallest absolute Gasteiger partial charge is 0.335 e. The molecule has 4 nitrogen and oxygen atoms in total. The van der Waals surface area contributed by atoms with Crippen LogP contribution in [0.15, 0.2) is 54.9 Å². The molecule has 1 aliphatic heterocycles. The summed E-state index contributed by atoms with van der Waals surface area (Å²) in [6.07, 6.45) is 13.2. The van der Waals surface area contributed by atoms with Gasteiger partial charge in [-0.15, -0.1) is 0 Å². The molecule has 1 atom stereocenters. The zero-order valence-corrected chi connectivity index (χ0v) is 19.0. The highest BCUT2D eigenvalue weighted by molar-refractivity contribution is 5.96. The molecule has 168 valence electrons. The average molecular weight is 439 g/mol. The zero-order chi connectivity index (χ0) is 22.4. The lowest BCUT2D eigenvalue weighted by Crippen LogP contribution is -2.20. The van der Waals surface area contributed by atoms with Crippen LogP contribution in [0.1, 0.15) is 77.0 Å². The van der Waals surface area contributed by atoms with E-state index in [0.717, 1.165) is 31.6 Å². The average Bonchev–Trinajstić information content (AvgIpc) is 3.19. The molecule has 0 radical (unpaired) electrons. The standard InChI is InChI=1S/C29H30N2O2/c32-29(33)22-12-13-25-20(16-22)10-11-21-17-26-30-14-15-31(26)18-23-8-4-5-9-24(23)28(21)27(25)19-6-2-1-3-7-19/h4-5,8-9,12-16,19,21H,1-3,6-7,10-11,17-18H2,(H,32,33). The third kappa shape index (κ3) is 3.62. The number of hydrogen-bond acceptors (Lipinski definition) is 2. The van der Waals surface area contributed by atoms with Gasteiger partial charge in [0.2, 0.25) is 0 Å². The summed E-state index contributed by atoms with van der Waals surface area (Å²) < 4.78 is 2.30. The Bertz CT molecular complexity index is 1250. The summed E-state index contributed by atoms with van der Waals surface area (Å²) in [4.78, 5) is 16.5. The Morgan fingerprint density at radius 1 is 0.909 bits per heavy atom. The number of carboxylic acids is 1. The first-order valence-electron chi connectivity index (χ1n) is 12.4. The highest BCUT2D eigenvalue weighted by Crippen LogP contribution is 2.48. The molecule has 4 heteroatoms.